The Bertz CT molecular complexity index is 546. The summed E-state index contributed by atoms with van der Waals surface area (Å²) < 4.78 is 1.67. The van der Waals surface area contributed by atoms with Gasteiger partial charge < -0.3 is 11.1 Å². The lowest BCUT2D eigenvalue weighted by Gasteiger charge is -2.05. The highest BCUT2D eigenvalue weighted by molar-refractivity contribution is 14.0. The molecule has 0 aliphatic carbocycles. The third kappa shape index (κ3) is 4.51. The van der Waals surface area contributed by atoms with Crippen molar-refractivity contribution in [1.82, 2.24) is 14.8 Å². The molecule has 0 fully saturated rings. The van der Waals surface area contributed by atoms with Gasteiger partial charge in [0.05, 0.1) is 0 Å². The first kappa shape index (κ1) is 15.4. The van der Waals surface area contributed by atoms with Gasteiger partial charge in [-0.1, -0.05) is 17.7 Å². The van der Waals surface area contributed by atoms with Gasteiger partial charge in [0.2, 0.25) is 0 Å². The molecule has 6 nitrogen and oxygen atoms in total. The Morgan fingerprint density at radius 2 is 2.05 bits per heavy atom. The minimum absolute atomic E-state index is 0. The van der Waals surface area contributed by atoms with E-state index in [2.05, 4.69) is 20.4 Å². The monoisotopic (exact) mass is 372 g/mol. The lowest BCUT2D eigenvalue weighted by Crippen LogP contribution is -2.22. The highest BCUT2D eigenvalue weighted by Gasteiger charge is 1.99. The molecule has 0 aliphatic heterocycles. The van der Waals surface area contributed by atoms with E-state index in [1.54, 1.807) is 4.68 Å². The summed E-state index contributed by atoms with van der Waals surface area (Å²) in [6.07, 6.45) is 1.49. The first-order chi connectivity index (χ1) is 8.65. The second-order valence-corrected chi connectivity index (χ2v) is 3.99. The Labute approximate surface area is 129 Å². The fourth-order valence-corrected chi connectivity index (χ4v) is 1.44. The fourth-order valence-electron chi connectivity index (χ4n) is 1.44. The molecule has 1 aromatic carbocycles. The Balaban J connectivity index is 0.00000180. The number of halogens is 1. The molecule has 1 aromatic heterocycles. The van der Waals surface area contributed by atoms with Gasteiger partial charge in [-0.25, -0.2) is 9.98 Å². The zero-order valence-corrected chi connectivity index (χ0v) is 13.2. The number of nitrogens with two attached hydrogens (primary N) is 1. The molecule has 0 unspecified atom stereocenters. The lowest BCUT2D eigenvalue weighted by atomic mass is 10.2. The van der Waals surface area contributed by atoms with Gasteiger partial charge in [-0.15, -0.1) is 24.0 Å². The zero-order valence-electron chi connectivity index (χ0n) is 10.9. The smallest absolute Gasteiger partial charge is 0.193 e. The molecule has 3 N–H and O–H groups in total. The van der Waals surface area contributed by atoms with Gasteiger partial charge in [0, 0.05) is 12.7 Å². The summed E-state index contributed by atoms with van der Waals surface area (Å²) in [4.78, 5) is 8.27. The van der Waals surface area contributed by atoms with Gasteiger partial charge in [-0.2, -0.15) is 5.10 Å². The summed E-state index contributed by atoms with van der Waals surface area (Å²) in [5.74, 6) is 1.13. The standard InChI is InChI=1S/C12H16N6.HI/c1-9-3-5-10(6-4-9)17-12(13)14-7-11-15-8-16-18(11)2;/h3-6,8H,7H2,1-2H3,(H3,13,14,17);1H. The number of aliphatic imine (C=N–C) groups is 1. The number of anilines is 1. The van der Waals surface area contributed by atoms with E-state index >= 15 is 0 Å². The van der Waals surface area contributed by atoms with Crippen LogP contribution in [-0.4, -0.2) is 20.7 Å². The number of rotatable bonds is 3. The van der Waals surface area contributed by atoms with Gasteiger partial charge in [0.15, 0.2) is 5.96 Å². The topological polar surface area (TPSA) is 81.1 Å². The Kier molecular flexibility index (Phi) is 5.74. The van der Waals surface area contributed by atoms with Crippen molar-refractivity contribution in [3.8, 4) is 0 Å². The second kappa shape index (κ2) is 7.07. The molecule has 0 amide bonds. The van der Waals surface area contributed by atoms with E-state index < -0.39 is 0 Å². The summed E-state index contributed by atoms with van der Waals surface area (Å²) in [6.45, 7) is 2.44. The fraction of sp³-hybridized carbons (Fsp3) is 0.250. The number of aryl methyl sites for hydroxylation is 2. The normalized spacial score (nSPS) is 10.9. The predicted octanol–water partition coefficient (Wildman–Crippen LogP) is 1.67. The molecule has 1 heterocycles. The van der Waals surface area contributed by atoms with Crippen LogP contribution in [-0.2, 0) is 13.6 Å². The van der Waals surface area contributed by atoms with Crippen LogP contribution in [0.5, 0.6) is 0 Å². The average molecular weight is 372 g/mol. The van der Waals surface area contributed by atoms with E-state index in [9.17, 15) is 0 Å². The summed E-state index contributed by atoms with van der Waals surface area (Å²) in [7, 11) is 1.82. The number of nitrogens with zero attached hydrogens (tertiary/aromatic N) is 4. The van der Waals surface area contributed by atoms with Crippen molar-refractivity contribution in [3.63, 3.8) is 0 Å². The van der Waals surface area contributed by atoms with Crippen LogP contribution in [0.4, 0.5) is 5.69 Å². The summed E-state index contributed by atoms with van der Waals surface area (Å²) in [5.41, 5.74) is 7.91. The number of nitrogens with one attached hydrogen (secondary N) is 1. The van der Waals surface area contributed by atoms with E-state index in [1.807, 2.05) is 38.2 Å². The van der Waals surface area contributed by atoms with Gasteiger partial charge in [0.25, 0.3) is 0 Å². The average Bonchev–Trinajstić information content (AvgIpc) is 2.75. The third-order valence-corrected chi connectivity index (χ3v) is 2.52. The Morgan fingerprint density at radius 3 is 2.63 bits per heavy atom. The molecule has 0 radical (unpaired) electrons. The van der Waals surface area contributed by atoms with Gasteiger partial charge >= 0.3 is 0 Å². The molecule has 0 saturated heterocycles. The summed E-state index contributed by atoms with van der Waals surface area (Å²) in [5, 5.41) is 6.98. The number of aromatic nitrogens is 3. The van der Waals surface area contributed by atoms with Crippen molar-refractivity contribution in [3.05, 3.63) is 42.0 Å². The van der Waals surface area contributed by atoms with Crippen molar-refractivity contribution < 1.29 is 0 Å². The molecule has 0 bridgehead atoms. The lowest BCUT2D eigenvalue weighted by molar-refractivity contribution is 0.702. The predicted molar refractivity (Wildman–Crippen MR) is 86.5 cm³/mol. The van der Waals surface area contributed by atoms with E-state index in [0.717, 1.165) is 11.5 Å². The molecule has 0 spiro atoms. The summed E-state index contributed by atoms with van der Waals surface area (Å²) in [6, 6.07) is 7.94. The van der Waals surface area contributed by atoms with Gasteiger partial charge in [0.1, 0.15) is 18.7 Å². The Morgan fingerprint density at radius 1 is 1.37 bits per heavy atom. The molecule has 19 heavy (non-hydrogen) atoms. The quantitative estimate of drug-likeness (QED) is 0.488. The molecule has 2 aromatic rings. The number of benzene rings is 1. The zero-order chi connectivity index (χ0) is 13.0. The number of hydrogen-bond donors (Lipinski definition) is 2. The molecule has 0 aliphatic rings. The maximum atomic E-state index is 5.79. The molecular weight excluding hydrogens is 355 g/mol. The second-order valence-electron chi connectivity index (χ2n) is 3.99. The van der Waals surface area contributed by atoms with Crippen LogP contribution in [0, 0.1) is 6.92 Å². The van der Waals surface area contributed by atoms with Crippen LogP contribution in [0.1, 0.15) is 11.4 Å². The number of guanidine groups is 1. The highest BCUT2D eigenvalue weighted by atomic mass is 127. The maximum absolute atomic E-state index is 5.79. The molecule has 7 heteroatoms. The van der Waals surface area contributed by atoms with Crippen molar-refractivity contribution >= 4 is 35.6 Å². The van der Waals surface area contributed by atoms with Crippen molar-refractivity contribution in [1.29, 1.82) is 0 Å². The van der Waals surface area contributed by atoms with E-state index in [4.69, 9.17) is 5.73 Å². The molecule has 0 saturated carbocycles. The van der Waals surface area contributed by atoms with Crippen LogP contribution in [0.25, 0.3) is 0 Å². The third-order valence-electron chi connectivity index (χ3n) is 2.52. The molecule has 2 rings (SSSR count). The van der Waals surface area contributed by atoms with Crippen molar-refractivity contribution in [2.75, 3.05) is 5.32 Å². The molecule has 0 atom stereocenters. The first-order valence-corrected chi connectivity index (χ1v) is 5.61. The van der Waals surface area contributed by atoms with E-state index in [0.29, 0.717) is 12.5 Å². The highest BCUT2D eigenvalue weighted by Crippen LogP contribution is 2.07. The largest absolute Gasteiger partial charge is 0.370 e. The Hall–Kier alpha value is -1.64. The van der Waals surface area contributed by atoms with Crippen LogP contribution >= 0.6 is 24.0 Å². The van der Waals surface area contributed by atoms with Gasteiger partial charge in [-0.3, -0.25) is 4.68 Å². The van der Waals surface area contributed by atoms with Crippen molar-refractivity contribution in [2.24, 2.45) is 17.8 Å². The van der Waals surface area contributed by atoms with Crippen molar-refractivity contribution in [2.45, 2.75) is 13.5 Å². The van der Waals surface area contributed by atoms with E-state index in [-0.39, 0.29) is 24.0 Å². The van der Waals surface area contributed by atoms with Crippen LogP contribution in [0.3, 0.4) is 0 Å². The van der Waals surface area contributed by atoms with Crippen LogP contribution in [0.15, 0.2) is 35.6 Å². The van der Waals surface area contributed by atoms with Crippen LogP contribution < -0.4 is 11.1 Å². The maximum Gasteiger partial charge on any atom is 0.193 e. The SMILES string of the molecule is Cc1ccc(NC(N)=NCc2ncnn2C)cc1.I. The summed E-state index contributed by atoms with van der Waals surface area (Å²) >= 11 is 0. The van der Waals surface area contributed by atoms with Gasteiger partial charge in [-0.05, 0) is 19.1 Å². The van der Waals surface area contributed by atoms with Crippen LogP contribution in [0.2, 0.25) is 0 Å². The number of hydrogen-bond acceptors (Lipinski definition) is 3. The van der Waals surface area contributed by atoms with E-state index in [1.165, 1.54) is 11.9 Å². The minimum atomic E-state index is 0. The molecular formula is C12H17IN6. The minimum Gasteiger partial charge on any atom is -0.370 e. The molecule has 102 valence electrons. The first-order valence-electron chi connectivity index (χ1n) is 5.61.